The van der Waals surface area contributed by atoms with E-state index in [-0.39, 0.29) is 10.8 Å². The second-order valence-electron chi connectivity index (χ2n) is 12.8. The van der Waals surface area contributed by atoms with E-state index in [0.29, 0.717) is 29.1 Å². The molecule has 0 bridgehead atoms. The Hall–Kier alpha value is -3.87. The van der Waals surface area contributed by atoms with Crippen molar-refractivity contribution in [3.05, 3.63) is 71.4 Å². The Bertz CT molecular complexity index is 1760. The van der Waals surface area contributed by atoms with Crippen LogP contribution in [-0.2, 0) is 26.8 Å². The smallest absolute Gasteiger partial charge is 0.324 e. The van der Waals surface area contributed by atoms with Crippen LogP contribution in [0.15, 0.2) is 63.1 Å². The monoisotopic (exact) mass is 604 g/mol. The molecular formula is C34H41N2O6P. The van der Waals surface area contributed by atoms with E-state index in [1.807, 2.05) is 54.7 Å². The summed E-state index contributed by atoms with van der Waals surface area (Å²) in [4.78, 5) is 16.5. The molecule has 0 spiro atoms. The number of aromatic amines is 1. The van der Waals surface area contributed by atoms with Crippen LogP contribution in [0.25, 0.3) is 32.8 Å². The molecule has 0 unspecified atom stereocenters. The highest BCUT2D eigenvalue weighted by molar-refractivity contribution is 7.38. The van der Waals surface area contributed by atoms with Gasteiger partial charge in [-0.25, -0.2) is 5.09 Å². The van der Waals surface area contributed by atoms with Gasteiger partial charge in [-0.2, -0.15) is 0 Å². The molecule has 228 valence electrons. The molecule has 2 aromatic heterocycles. The molecule has 0 amide bonds. The summed E-state index contributed by atoms with van der Waals surface area (Å²) < 4.78 is 30.3. The maximum Gasteiger partial charge on any atom is 0.324 e. The fourth-order valence-electron chi connectivity index (χ4n) is 5.36. The molecule has 0 radical (unpaired) electrons. The molecule has 0 aliphatic carbocycles. The van der Waals surface area contributed by atoms with Crippen LogP contribution in [0.5, 0.6) is 11.5 Å². The lowest BCUT2D eigenvalue weighted by Crippen LogP contribution is -2.31. The lowest BCUT2D eigenvalue weighted by molar-refractivity contribution is -0.141. The van der Waals surface area contributed by atoms with Crippen LogP contribution in [0.2, 0.25) is 0 Å². The largest absolute Gasteiger partial charge is 0.497 e. The third-order valence-corrected chi connectivity index (χ3v) is 8.92. The molecule has 3 aromatic carbocycles. The van der Waals surface area contributed by atoms with E-state index >= 15 is 0 Å². The Morgan fingerprint density at radius 2 is 1.37 bits per heavy atom. The van der Waals surface area contributed by atoms with E-state index in [1.54, 1.807) is 14.2 Å². The van der Waals surface area contributed by atoms with Crippen LogP contribution in [-0.4, -0.2) is 38.3 Å². The van der Waals surface area contributed by atoms with Crippen molar-refractivity contribution in [1.29, 1.82) is 0 Å². The van der Waals surface area contributed by atoms with Crippen molar-refractivity contribution < 1.29 is 27.4 Å². The van der Waals surface area contributed by atoms with Gasteiger partial charge in [0.1, 0.15) is 28.7 Å². The highest BCUT2D eigenvalue weighted by Gasteiger charge is 2.28. The number of benzene rings is 3. The molecule has 5 rings (SSSR count). The molecule has 2 N–H and O–H groups in total. The van der Waals surface area contributed by atoms with Crippen molar-refractivity contribution in [3.8, 4) is 11.5 Å². The molecule has 5 aromatic rings. The molecule has 0 fully saturated rings. The number of fused-ring (bicyclic) bond motifs is 4. The number of hydrogen-bond acceptors (Lipinski definition) is 7. The highest BCUT2D eigenvalue weighted by Crippen LogP contribution is 2.44. The SMILES string of the molecule is COC(=O)[C@H](Cc1c[nH]c2ccccc12)Np1oc2c(C(C)(C)C)cc(OC)cc2c2cc(OC)cc(C(C)(C)C)c2o1. The zero-order valence-corrected chi connectivity index (χ0v) is 27.3. The van der Waals surface area contributed by atoms with Gasteiger partial charge in [-0.1, -0.05) is 59.7 Å². The first-order valence-corrected chi connectivity index (χ1v) is 15.5. The number of carbonyl (C=O) groups is 1. The van der Waals surface area contributed by atoms with Gasteiger partial charge < -0.3 is 27.6 Å². The normalized spacial score (nSPS) is 13.0. The minimum absolute atomic E-state index is 0.290. The number of esters is 1. The topological polar surface area (TPSA) is 98.9 Å². The van der Waals surface area contributed by atoms with E-state index in [9.17, 15) is 4.79 Å². The van der Waals surface area contributed by atoms with E-state index in [0.717, 1.165) is 38.4 Å². The number of aromatic nitrogens is 1. The van der Waals surface area contributed by atoms with Crippen molar-refractivity contribution in [1.82, 2.24) is 4.98 Å². The summed E-state index contributed by atoms with van der Waals surface area (Å²) in [7, 11) is 2.85. The standard InChI is InChI=1S/C34H41N2O6P/c1-33(2,3)26-17-21(38-7)15-24-25-16-22(39-8)18-27(34(4,5)6)31(25)42-43(41-30(24)26)36-29(32(37)40-9)14-20-19-35-28-13-11-10-12-23(20)28/h10-13,15-19,29,35-36H,14H2,1-9H3/t29-/m0/s1. The Balaban J connectivity index is 1.82. The third-order valence-electron chi connectivity index (χ3n) is 7.70. The van der Waals surface area contributed by atoms with Crippen LogP contribution >= 0.6 is 8.16 Å². The zero-order valence-electron chi connectivity index (χ0n) is 26.4. The van der Waals surface area contributed by atoms with Crippen molar-refractivity contribution in [2.75, 3.05) is 26.4 Å². The zero-order chi connectivity index (χ0) is 31.1. The van der Waals surface area contributed by atoms with Crippen LogP contribution in [0.3, 0.4) is 0 Å². The number of nitrogens with one attached hydrogen (secondary N) is 2. The lowest BCUT2D eigenvalue weighted by atomic mass is 9.84. The van der Waals surface area contributed by atoms with Gasteiger partial charge >= 0.3 is 14.1 Å². The summed E-state index contributed by atoms with van der Waals surface area (Å²) in [6, 6.07) is 15.2. The van der Waals surface area contributed by atoms with Gasteiger partial charge in [0.15, 0.2) is 0 Å². The molecular weight excluding hydrogens is 563 g/mol. The van der Waals surface area contributed by atoms with Crippen molar-refractivity contribution in [2.24, 2.45) is 0 Å². The molecule has 1 atom stereocenters. The molecule has 0 aliphatic heterocycles. The summed E-state index contributed by atoms with van der Waals surface area (Å²) >= 11 is 0. The second-order valence-corrected chi connectivity index (χ2v) is 13.9. The van der Waals surface area contributed by atoms with E-state index in [2.05, 4.69) is 51.6 Å². The molecule has 0 saturated heterocycles. The van der Waals surface area contributed by atoms with E-state index < -0.39 is 20.2 Å². The molecule has 8 nitrogen and oxygen atoms in total. The second kappa shape index (κ2) is 11.7. The first-order chi connectivity index (χ1) is 20.3. The van der Waals surface area contributed by atoms with Gasteiger partial charge in [-0.3, -0.25) is 4.79 Å². The Morgan fingerprint density at radius 1 is 0.837 bits per heavy atom. The number of carbonyl (C=O) groups excluding carboxylic acids is 1. The Labute approximate surface area is 253 Å². The van der Waals surface area contributed by atoms with Gasteiger partial charge in [-0.15, -0.1) is 0 Å². The number of methoxy groups -OCH3 is 3. The van der Waals surface area contributed by atoms with Crippen LogP contribution in [0.1, 0.15) is 58.2 Å². The van der Waals surface area contributed by atoms with Crippen LogP contribution < -0.4 is 14.6 Å². The summed E-state index contributed by atoms with van der Waals surface area (Å²) in [6.45, 7) is 12.8. The third kappa shape index (κ3) is 6.13. The van der Waals surface area contributed by atoms with Crippen LogP contribution in [0.4, 0.5) is 0 Å². The molecule has 2 heterocycles. The summed E-state index contributed by atoms with van der Waals surface area (Å²) in [5.41, 5.74) is 4.68. The average Bonchev–Trinajstić information content (AvgIpc) is 3.30. The number of rotatable bonds is 7. The lowest BCUT2D eigenvalue weighted by Gasteiger charge is -2.21. The van der Waals surface area contributed by atoms with Crippen molar-refractivity contribution in [2.45, 2.75) is 64.8 Å². The highest BCUT2D eigenvalue weighted by atomic mass is 31.1. The number of ether oxygens (including phenoxy) is 3. The maximum absolute atomic E-state index is 13.2. The van der Waals surface area contributed by atoms with Gasteiger partial charge in [0, 0.05) is 45.4 Å². The minimum atomic E-state index is -1.87. The first kappa shape index (κ1) is 30.6. The minimum Gasteiger partial charge on any atom is -0.497 e. The van der Waals surface area contributed by atoms with E-state index in [1.165, 1.54) is 7.11 Å². The maximum atomic E-state index is 13.2. The summed E-state index contributed by atoms with van der Waals surface area (Å²) in [6.07, 6.45) is 2.31. The number of hydrogen-bond donors (Lipinski definition) is 2. The Morgan fingerprint density at radius 3 is 1.86 bits per heavy atom. The average molecular weight is 605 g/mol. The molecule has 43 heavy (non-hydrogen) atoms. The predicted octanol–water partition coefficient (Wildman–Crippen LogP) is 8.71. The molecule has 9 heteroatoms. The number of para-hydroxylation sites is 1. The van der Waals surface area contributed by atoms with Gasteiger partial charge in [0.05, 0.1) is 21.3 Å². The van der Waals surface area contributed by atoms with Crippen molar-refractivity contribution >= 4 is 47.0 Å². The van der Waals surface area contributed by atoms with Crippen molar-refractivity contribution in [3.63, 3.8) is 0 Å². The fourth-order valence-corrected chi connectivity index (χ4v) is 6.68. The van der Waals surface area contributed by atoms with Gasteiger partial charge in [-0.05, 0) is 46.7 Å². The Kier molecular flexibility index (Phi) is 8.30. The number of H-pyrrole nitrogens is 1. The molecule has 0 aliphatic rings. The fraction of sp³-hybridized carbons (Fsp3) is 0.382. The van der Waals surface area contributed by atoms with Crippen LogP contribution in [0, 0.1) is 0 Å². The first-order valence-electron chi connectivity index (χ1n) is 14.3. The quantitative estimate of drug-likeness (QED) is 0.179. The molecule has 0 saturated carbocycles. The van der Waals surface area contributed by atoms with Gasteiger partial charge in [0.2, 0.25) is 0 Å². The van der Waals surface area contributed by atoms with E-state index in [4.69, 9.17) is 22.6 Å². The predicted molar refractivity (Wildman–Crippen MR) is 174 cm³/mol. The summed E-state index contributed by atoms with van der Waals surface area (Å²) in [5, 5.41) is 6.13. The summed E-state index contributed by atoms with van der Waals surface area (Å²) in [5.74, 6) is 1.02. The van der Waals surface area contributed by atoms with Gasteiger partial charge in [0.25, 0.3) is 0 Å².